The standard InChI is InChI=1S/C12H11N3O3/c1-8-2-3-12(11(4-8)15(16)17)18-10-5-9(13)6-14-7-10/h2-7H,13H2,1H3. The van der Waals surface area contributed by atoms with E-state index in [-0.39, 0.29) is 11.4 Å². The second kappa shape index (κ2) is 4.70. The molecule has 0 saturated heterocycles. The lowest BCUT2D eigenvalue weighted by Crippen LogP contribution is -1.95. The largest absolute Gasteiger partial charge is 0.448 e. The number of hydrogen-bond acceptors (Lipinski definition) is 5. The zero-order chi connectivity index (χ0) is 13.1. The van der Waals surface area contributed by atoms with Crippen LogP contribution in [0.5, 0.6) is 11.5 Å². The molecule has 18 heavy (non-hydrogen) atoms. The van der Waals surface area contributed by atoms with Crippen molar-refractivity contribution in [2.45, 2.75) is 6.92 Å². The van der Waals surface area contributed by atoms with Gasteiger partial charge in [0, 0.05) is 12.1 Å². The first-order valence-corrected chi connectivity index (χ1v) is 5.19. The SMILES string of the molecule is Cc1ccc(Oc2cncc(N)c2)c([N+](=O)[O-])c1. The van der Waals surface area contributed by atoms with E-state index >= 15 is 0 Å². The van der Waals surface area contributed by atoms with Crippen LogP contribution in [-0.2, 0) is 0 Å². The van der Waals surface area contributed by atoms with Gasteiger partial charge in [-0.3, -0.25) is 15.1 Å². The summed E-state index contributed by atoms with van der Waals surface area (Å²) in [5.74, 6) is 0.528. The molecule has 6 nitrogen and oxygen atoms in total. The first-order valence-electron chi connectivity index (χ1n) is 5.19. The van der Waals surface area contributed by atoms with Crippen molar-refractivity contribution in [3.8, 4) is 11.5 Å². The van der Waals surface area contributed by atoms with Crippen LogP contribution in [0.4, 0.5) is 11.4 Å². The van der Waals surface area contributed by atoms with Gasteiger partial charge in [0.05, 0.1) is 23.0 Å². The summed E-state index contributed by atoms with van der Waals surface area (Å²) < 4.78 is 5.42. The molecule has 0 bridgehead atoms. The van der Waals surface area contributed by atoms with Crippen LogP contribution >= 0.6 is 0 Å². The highest BCUT2D eigenvalue weighted by Crippen LogP contribution is 2.32. The highest BCUT2D eigenvalue weighted by Gasteiger charge is 2.15. The third kappa shape index (κ3) is 2.54. The van der Waals surface area contributed by atoms with Gasteiger partial charge in [0.15, 0.2) is 0 Å². The van der Waals surface area contributed by atoms with Crippen LogP contribution in [0.15, 0.2) is 36.7 Å². The Morgan fingerprint density at radius 3 is 2.78 bits per heavy atom. The number of nitrogens with two attached hydrogens (primary N) is 1. The van der Waals surface area contributed by atoms with Crippen LogP contribution in [-0.4, -0.2) is 9.91 Å². The van der Waals surface area contributed by atoms with Gasteiger partial charge in [0.1, 0.15) is 5.75 Å². The van der Waals surface area contributed by atoms with Gasteiger partial charge in [0.25, 0.3) is 0 Å². The van der Waals surface area contributed by atoms with Crippen LogP contribution in [0.1, 0.15) is 5.56 Å². The number of aromatic nitrogens is 1. The number of aryl methyl sites for hydroxylation is 1. The summed E-state index contributed by atoms with van der Waals surface area (Å²) in [6.45, 7) is 1.78. The zero-order valence-corrected chi connectivity index (χ0v) is 9.66. The van der Waals surface area contributed by atoms with Crippen molar-refractivity contribution in [3.05, 3.63) is 52.3 Å². The Labute approximate surface area is 103 Å². The monoisotopic (exact) mass is 245 g/mol. The van der Waals surface area contributed by atoms with E-state index in [1.807, 2.05) is 0 Å². The van der Waals surface area contributed by atoms with Gasteiger partial charge >= 0.3 is 5.69 Å². The number of anilines is 1. The number of nitro benzene ring substituents is 1. The molecule has 0 saturated carbocycles. The Hall–Kier alpha value is -2.63. The van der Waals surface area contributed by atoms with Crippen LogP contribution < -0.4 is 10.5 Å². The molecule has 0 aliphatic heterocycles. The van der Waals surface area contributed by atoms with E-state index in [0.717, 1.165) is 5.56 Å². The van der Waals surface area contributed by atoms with E-state index in [4.69, 9.17) is 10.5 Å². The Morgan fingerprint density at radius 1 is 1.33 bits per heavy atom. The number of nitrogens with zero attached hydrogens (tertiary/aromatic N) is 2. The molecule has 0 atom stereocenters. The first kappa shape index (κ1) is 11.8. The molecular weight excluding hydrogens is 234 g/mol. The fourth-order valence-electron chi connectivity index (χ4n) is 1.47. The summed E-state index contributed by atoms with van der Waals surface area (Å²) in [5, 5.41) is 10.9. The van der Waals surface area contributed by atoms with Crippen molar-refractivity contribution in [3.63, 3.8) is 0 Å². The van der Waals surface area contributed by atoms with Gasteiger partial charge in [-0.1, -0.05) is 6.07 Å². The summed E-state index contributed by atoms with van der Waals surface area (Å²) in [7, 11) is 0. The highest BCUT2D eigenvalue weighted by atomic mass is 16.6. The van der Waals surface area contributed by atoms with Crippen molar-refractivity contribution < 1.29 is 9.66 Å². The summed E-state index contributed by atoms with van der Waals surface area (Å²) in [4.78, 5) is 14.3. The van der Waals surface area contributed by atoms with Gasteiger partial charge in [0.2, 0.25) is 5.75 Å². The maximum atomic E-state index is 10.9. The van der Waals surface area contributed by atoms with Crippen molar-refractivity contribution in [1.29, 1.82) is 0 Å². The zero-order valence-electron chi connectivity index (χ0n) is 9.66. The number of benzene rings is 1. The van der Waals surface area contributed by atoms with Gasteiger partial charge in [-0.2, -0.15) is 0 Å². The van der Waals surface area contributed by atoms with Crippen LogP contribution in [0.3, 0.4) is 0 Å². The minimum absolute atomic E-state index is 0.0857. The smallest absolute Gasteiger partial charge is 0.311 e. The summed E-state index contributed by atoms with van der Waals surface area (Å²) in [6, 6.07) is 6.30. The van der Waals surface area contributed by atoms with E-state index in [2.05, 4.69) is 4.98 Å². The first-order chi connectivity index (χ1) is 8.56. The molecule has 1 aromatic heterocycles. The van der Waals surface area contributed by atoms with E-state index in [1.165, 1.54) is 18.5 Å². The molecular formula is C12H11N3O3. The number of nitro groups is 1. The number of pyridine rings is 1. The molecule has 2 rings (SSSR count). The summed E-state index contributed by atoms with van der Waals surface area (Å²) >= 11 is 0. The lowest BCUT2D eigenvalue weighted by atomic mass is 10.2. The van der Waals surface area contributed by atoms with E-state index in [9.17, 15) is 10.1 Å². The van der Waals surface area contributed by atoms with Crippen molar-refractivity contribution in [2.24, 2.45) is 0 Å². The lowest BCUT2D eigenvalue weighted by molar-refractivity contribution is -0.385. The Morgan fingerprint density at radius 2 is 2.11 bits per heavy atom. The molecule has 0 amide bonds. The molecule has 0 aliphatic carbocycles. The van der Waals surface area contributed by atoms with Gasteiger partial charge in [-0.25, -0.2) is 0 Å². The summed E-state index contributed by atoms with van der Waals surface area (Å²) in [6.07, 6.45) is 2.91. The van der Waals surface area contributed by atoms with Gasteiger partial charge in [-0.05, 0) is 18.6 Å². The molecule has 1 aromatic carbocycles. The number of ether oxygens (including phenoxy) is 1. The number of nitrogen functional groups attached to an aromatic ring is 1. The quantitative estimate of drug-likeness (QED) is 0.663. The molecule has 0 fully saturated rings. The minimum atomic E-state index is -0.484. The fraction of sp³-hybridized carbons (Fsp3) is 0.0833. The molecule has 2 N–H and O–H groups in total. The fourth-order valence-corrected chi connectivity index (χ4v) is 1.47. The van der Waals surface area contributed by atoms with E-state index < -0.39 is 4.92 Å². The third-order valence-electron chi connectivity index (χ3n) is 2.27. The topological polar surface area (TPSA) is 91.3 Å². The molecule has 0 spiro atoms. The normalized spacial score (nSPS) is 10.1. The molecule has 2 aromatic rings. The average Bonchev–Trinajstić information content (AvgIpc) is 2.31. The molecule has 0 unspecified atom stereocenters. The third-order valence-corrected chi connectivity index (χ3v) is 2.27. The van der Waals surface area contributed by atoms with E-state index in [0.29, 0.717) is 11.4 Å². The molecule has 1 heterocycles. The van der Waals surface area contributed by atoms with Crippen molar-refractivity contribution in [1.82, 2.24) is 4.98 Å². The summed E-state index contributed by atoms with van der Waals surface area (Å²) in [5.41, 5.74) is 6.70. The van der Waals surface area contributed by atoms with Gasteiger partial charge < -0.3 is 10.5 Å². The van der Waals surface area contributed by atoms with Crippen LogP contribution in [0.25, 0.3) is 0 Å². The molecule has 0 aliphatic rings. The maximum absolute atomic E-state index is 10.9. The number of rotatable bonds is 3. The van der Waals surface area contributed by atoms with Crippen LogP contribution in [0.2, 0.25) is 0 Å². The molecule has 6 heteroatoms. The highest BCUT2D eigenvalue weighted by molar-refractivity contribution is 5.51. The average molecular weight is 245 g/mol. The Balaban J connectivity index is 2.37. The second-order valence-corrected chi connectivity index (χ2v) is 3.78. The maximum Gasteiger partial charge on any atom is 0.311 e. The Kier molecular flexibility index (Phi) is 3.09. The van der Waals surface area contributed by atoms with E-state index in [1.54, 1.807) is 25.1 Å². The number of hydrogen-bond donors (Lipinski definition) is 1. The predicted molar refractivity (Wildman–Crippen MR) is 66.6 cm³/mol. The Bertz CT molecular complexity index is 599. The minimum Gasteiger partial charge on any atom is -0.448 e. The van der Waals surface area contributed by atoms with Gasteiger partial charge in [-0.15, -0.1) is 0 Å². The predicted octanol–water partition coefficient (Wildman–Crippen LogP) is 2.67. The molecule has 92 valence electrons. The second-order valence-electron chi connectivity index (χ2n) is 3.78. The molecule has 0 radical (unpaired) electrons. The van der Waals surface area contributed by atoms with Crippen molar-refractivity contribution >= 4 is 11.4 Å². The lowest BCUT2D eigenvalue weighted by Gasteiger charge is -2.06. The van der Waals surface area contributed by atoms with Crippen LogP contribution in [0, 0.1) is 17.0 Å². The van der Waals surface area contributed by atoms with Crippen molar-refractivity contribution in [2.75, 3.05) is 5.73 Å².